The van der Waals surface area contributed by atoms with Gasteiger partial charge >= 0.3 is 5.97 Å². The number of hydrogen-bond acceptors (Lipinski definition) is 4. The number of nitrogens with zero attached hydrogens (tertiary/aromatic N) is 3. The summed E-state index contributed by atoms with van der Waals surface area (Å²) in [6, 6.07) is 8.06. The van der Waals surface area contributed by atoms with Crippen molar-refractivity contribution in [1.82, 2.24) is 14.7 Å². The molecule has 0 N–H and O–H groups in total. The number of aryl methyl sites for hydroxylation is 2. The molecule has 6 heteroatoms. The van der Waals surface area contributed by atoms with Crippen molar-refractivity contribution < 1.29 is 14.3 Å². The molecule has 156 valence electrons. The van der Waals surface area contributed by atoms with Crippen LogP contribution in [0.4, 0.5) is 0 Å². The van der Waals surface area contributed by atoms with E-state index in [1.54, 1.807) is 4.90 Å². The highest BCUT2D eigenvalue weighted by Crippen LogP contribution is 2.26. The van der Waals surface area contributed by atoms with Crippen LogP contribution in [0.15, 0.2) is 24.3 Å². The second-order valence-corrected chi connectivity index (χ2v) is 7.70. The first kappa shape index (κ1) is 21.1. The zero-order chi connectivity index (χ0) is 21.0. The maximum absolute atomic E-state index is 13.5. The van der Waals surface area contributed by atoms with Gasteiger partial charge in [0.25, 0.3) is 5.91 Å². The standard InChI is InChI=1S/C23H31N3O3/c1-5-10-19-21(17(4)26(24-19)20-13-8-7-11-16(20)3)22(27)25-14-9-12-18(15-25)23(28)29-6-2/h7-8,11,13,18H,5-6,9-10,12,14-15H2,1-4H3/t18-/m1/s1. The number of benzene rings is 1. The molecule has 0 unspecified atom stereocenters. The molecule has 0 bridgehead atoms. The third-order valence-corrected chi connectivity index (χ3v) is 5.56. The Morgan fingerprint density at radius 2 is 1.97 bits per heavy atom. The van der Waals surface area contributed by atoms with E-state index in [-0.39, 0.29) is 17.8 Å². The van der Waals surface area contributed by atoms with Crippen molar-refractivity contribution in [2.45, 2.75) is 53.4 Å². The Morgan fingerprint density at radius 1 is 1.21 bits per heavy atom. The highest BCUT2D eigenvalue weighted by molar-refractivity contribution is 5.97. The van der Waals surface area contributed by atoms with Gasteiger partial charge in [0, 0.05) is 13.1 Å². The maximum atomic E-state index is 13.5. The van der Waals surface area contributed by atoms with Crippen LogP contribution in [0.2, 0.25) is 0 Å². The molecule has 0 aliphatic carbocycles. The minimum Gasteiger partial charge on any atom is -0.466 e. The number of ether oxygens (including phenoxy) is 1. The Bertz CT molecular complexity index is 887. The summed E-state index contributed by atoms with van der Waals surface area (Å²) in [7, 11) is 0. The number of likely N-dealkylation sites (tertiary alicyclic amines) is 1. The van der Waals surface area contributed by atoms with E-state index < -0.39 is 0 Å². The van der Waals surface area contributed by atoms with E-state index >= 15 is 0 Å². The van der Waals surface area contributed by atoms with Crippen LogP contribution in [0.3, 0.4) is 0 Å². The molecule has 0 saturated carbocycles. The largest absolute Gasteiger partial charge is 0.466 e. The predicted octanol–water partition coefficient (Wildman–Crippen LogP) is 3.86. The van der Waals surface area contributed by atoms with Crippen LogP contribution >= 0.6 is 0 Å². The van der Waals surface area contributed by atoms with Crippen LogP contribution in [0, 0.1) is 19.8 Å². The molecule has 1 saturated heterocycles. The summed E-state index contributed by atoms with van der Waals surface area (Å²) in [4.78, 5) is 27.5. The van der Waals surface area contributed by atoms with Crippen LogP contribution in [-0.2, 0) is 16.0 Å². The van der Waals surface area contributed by atoms with Crippen molar-refractivity contribution in [2.24, 2.45) is 5.92 Å². The summed E-state index contributed by atoms with van der Waals surface area (Å²) in [5.74, 6) is -0.472. The number of rotatable bonds is 6. The van der Waals surface area contributed by atoms with Gasteiger partial charge in [-0.05, 0) is 51.7 Å². The molecule has 1 amide bonds. The van der Waals surface area contributed by atoms with E-state index in [9.17, 15) is 9.59 Å². The lowest BCUT2D eigenvalue weighted by atomic mass is 9.97. The summed E-state index contributed by atoms with van der Waals surface area (Å²) < 4.78 is 7.07. The first-order valence-electron chi connectivity index (χ1n) is 10.6. The molecule has 0 radical (unpaired) electrons. The van der Waals surface area contributed by atoms with Gasteiger partial charge in [0.1, 0.15) is 0 Å². The Balaban J connectivity index is 1.94. The van der Waals surface area contributed by atoms with Crippen molar-refractivity contribution in [3.8, 4) is 5.69 Å². The minimum atomic E-state index is -0.242. The lowest BCUT2D eigenvalue weighted by molar-refractivity contribution is -0.149. The Morgan fingerprint density at radius 3 is 2.66 bits per heavy atom. The molecule has 6 nitrogen and oxygen atoms in total. The van der Waals surface area contributed by atoms with E-state index in [1.165, 1.54) is 0 Å². The van der Waals surface area contributed by atoms with Gasteiger partial charge in [0.15, 0.2) is 0 Å². The first-order valence-corrected chi connectivity index (χ1v) is 10.6. The normalized spacial score (nSPS) is 16.7. The average Bonchev–Trinajstić information content (AvgIpc) is 3.04. The summed E-state index contributed by atoms with van der Waals surface area (Å²) in [5, 5.41) is 4.81. The van der Waals surface area contributed by atoms with Crippen molar-refractivity contribution in [2.75, 3.05) is 19.7 Å². The van der Waals surface area contributed by atoms with E-state index in [2.05, 4.69) is 6.92 Å². The molecule has 1 aromatic heterocycles. The molecule has 3 rings (SSSR count). The number of amides is 1. The molecule has 1 aromatic carbocycles. The third kappa shape index (κ3) is 4.36. The van der Waals surface area contributed by atoms with Gasteiger partial charge in [-0.2, -0.15) is 5.10 Å². The summed E-state index contributed by atoms with van der Waals surface area (Å²) in [6.45, 7) is 9.35. The molecule has 1 aliphatic rings. The highest BCUT2D eigenvalue weighted by atomic mass is 16.5. The van der Waals surface area contributed by atoms with Crippen molar-refractivity contribution in [3.63, 3.8) is 0 Å². The number of aromatic nitrogens is 2. The summed E-state index contributed by atoms with van der Waals surface area (Å²) in [6.07, 6.45) is 3.24. The molecular weight excluding hydrogens is 366 g/mol. The fourth-order valence-corrected chi connectivity index (χ4v) is 4.06. The first-order chi connectivity index (χ1) is 14.0. The Hall–Kier alpha value is -2.63. The molecule has 2 heterocycles. The monoisotopic (exact) mass is 397 g/mol. The second-order valence-electron chi connectivity index (χ2n) is 7.70. The molecule has 0 spiro atoms. The zero-order valence-electron chi connectivity index (χ0n) is 17.9. The van der Waals surface area contributed by atoms with Gasteiger partial charge in [-0.25, -0.2) is 4.68 Å². The number of hydrogen-bond donors (Lipinski definition) is 0. The van der Waals surface area contributed by atoms with E-state index in [0.29, 0.717) is 25.3 Å². The van der Waals surface area contributed by atoms with E-state index in [4.69, 9.17) is 9.84 Å². The van der Waals surface area contributed by atoms with Gasteiger partial charge < -0.3 is 9.64 Å². The fourth-order valence-electron chi connectivity index (χ4n) is 4.06. The van der Waals surface area contributed by atoms with Gasteiger partial charge in [-0.1, -0.05) is 31.5 Å². The second kappa shape index (κ2) is 9.25. The molecule has 1 atom stereocenters. The number of para-hydroxylation sites is 1. The molecule has 1 aliphatic heterocycles. The molecule has 1 fully saturated rings. The van der Waals surface area contributed by atoms with Gasteiger partial charge in [-0.15, -0.1) is 0 Å². The number of carbonyl (C=O) groups excluding carboxylic acids is 2. The topological polar surface area (TPSA) is 64.4 Å². The van der Waals surface area contributed by atoms with Gasteiger partial charge in [0.05, 0.1) is 35.2 Å². The zero-order valence-corrected chi connectivity index (χ0v) is 17.9. The van der Waals surface area contributed by atoms with E-state index in [1.807, 2.05) is 49.7 Å². The number of piperidine rings is 1. The lowest BCUT2D eigenvalue weighted by Crippen LogP contribution is -2.43. The smallest absolute Gasteiger partial charge is 0.310 e. The Kier molecular flexibility index (Phi) is 6.72. The average molecular weight is 398 g/mol. The molecule has 29 heavy (non-hydrogen) atoms. The summed E-state index contributed by atoms with van der Waals surface area (Å²) in [5.41, 5.74) is 4.46. The predicted molar refractivity (Wildman–Crippen MR) is 112 cm³/mol. The molecule has 2 aromatic rings. The van der Waals surface area contributed by atoms with Crippen molar-refractivity contribution in [3.05, 3.63) is 46.8 Å². The minimum absolute atomic E-state index is 0.0280. The van der Waals surface area contributed by atoms with Crippen LogP contribution < -0.4 is 0 Å². The fraction of sp³-hybridized carbons (Fsp3) is 0.522. The number of carbonyl (C=O) groups is 2. The third-order valence-electron chi connectivity index (χ3n) is 5.56. The van der Waals surface area contributed by atoms with E-state index in [0.717, 1.165) is 48.3 Å². The lowest BCUT2D eigenvalue weighted by Gasteiger charge is -2.31. The van der Waals surface area contributed by atoms with Gasteiger partial charge in [0.2, 0.25) is 0 Å². The quantitative estimate of drug-likeness (QED) is 0.695. The molecular formula is C23H31N3O3. The number of esters is 1. The van der Waals surface area contributed by atoms with Crippen LogP contribution in [-0.4, -0.2) is 46.3 Å². The van der Waals surface area contributed by atoms with Crippen LogP contribution in [0.5, 0.6) is 0 Å². The Labute approximate surface area is 172 Å². The van der Waals surface area contributed by atoms with Crippen molar-refractivity contribution >= 4 is 11.9 Å². The van der Waals surface area contributed by atoms with Crippen molar-refractivity contribution in [1.29, 1.82) is 0 Å². The maximum Gasteiger partial charge on any atom is 0.310 e. The summed E-state index contributed by atoms with van der Waals surface area (Å²) >= 11 is 0. The van der Waals surface area contributed by atoms with Crippen LogP contribution in [0.25, 0.3) is 5.69 Å². The highest BCUT2D eigenvalue weighted by Gasteiger charge is 2.32. The van der Waals surface area contributed by atoms with Gasteiger partial charge in [-0.3, -0.25) is 9.59 Å². The SMILES string of the molecule is CCCc1nn(-c2ccccc2C)c(C)c1C(=O)N1CCC[C@@H](C(=O)OCC)C1. The van der Waals surface area contributed by atoms with Crippen LogP contribution in [0.1, 0.15) is 60.4 Å².